The molecule has 198 valence electrons. The highest BCUT2D eigenvalue weighted by Crippen LogP contribution is 2.36. The van der Waals surface area contributed by atoms with E-state index >= 15 is 0 Å². The Hall–Kier alpha value is -2.64. The molecule has 1 saturated heterocycles. The van der Waals surface area contributed by atoms with Crippen molar-refractivity contribution in [1.82, 2.24) is 14.9 Å². The van der Waals surface area contributed by atoms with Crippen LogP contribution in [-0.2, 0) is 19.5 Å². The molecule has 2 aromatic heterocycles. The number of morpholine rings is 1. The number of nitrogens with one attached hydrogen (secondary N) is 1. The van der Waals surface area contributed by atoms with Crippen molar-refractivity contribution < 1.29 is 22.6 Å². The molecule has 3 aromatic rings. The summed E-state index contributed by atoms with van der Waals surface area (Å²) in [6, 6.07) is 10.5. The molecule has 1 atom stereocenters. The number of hydrogen-bond acceptors (Lipinski definition) is 9. The summed E-state index contributed by atoms with van der Waals surface area (Å²) in [5.41, 5.74) is 2.02. The molecule has 0 radical (unpaired) electrons. The van der Waals surface area contributed by atoms with Crippen molar-refractivity contribution in [1.29, 1.82) is 0 Å². The van der Waals surface area contributed by atoms with Crippen LogP contribution < -0.4 is 9.04 Å². The van der Waals surface area contributed by atoms with Crippen molar-refractivity contribution in [2.24, 2.45) is 4.99 Å². The molecule has 10 nitrogen and oxygen atoms in total. The van der Waals surface area contributed by atoms with E-state index in [9.17, 15) is 8.42 Å². The maximum Gasteiger partial charge on any atom is 0.281 e. The summed E-state index contributed by atoms with van der Waals surface area (Å²) >= 11 is 1.76. The SMILES string of the molecule is COCCOc1cc(N(C)S(=O)(=O)c2ccccn2)c2[nH]c(C3=NCC(CN4CCOCC4)S3)cc2c1. The number of aromatic nitrogens is 2. The Morgan fingerprint density at radius 3 is 2.81 bits per heavy atom. The second-order valence-corrected chi connectivity index (χ2v) is 12.1. The van der Waals surface area contributed by atoms with E-state index in [0.717, 1.165) is 55.5 Å². The Balaban J connectivity index is 1.44. The first-order valence-corrected chi connectivity index (χ1v) is 14.5. The Bertz CT molecular complexity index is 1360. The molecule has 1 fully saturated rings. The minimum atomic E-state index is -3.89. The van der Waals surface area contributed by atoms with Gasteiger partial charge in [0.05, 0.1) is 43.3 Å². The number of thioether (sulfide) groups is 1. The highest BCUT2D eigenvalue weighted by atomic mass is 32.2. The standard InChI is InChI=1S/C25H31N5O5S2/c1-29(37(31,32)23-5-3-4-6-26-23)22-15-19(35-12-11-33-2)13-18-14-21(28-24(18)22)25-27-16-20(36-25)17-30-7-9-34-10-8-30/h3-6,13-15,20,28H,7-12,16-17H2,1-2H3. The lowest BCUT2D eigenvalue weighted by molar-refractivity contribution is 0.0385. The molecule has 1 N–H and O–H groups in total. The number of fused-ring (bicyclic) bond motifs is 1. The zero-order chi connectivity index (χ0) is 25.8. The summed E-state index contributed by atoms with van der Waals surface area (Å²) in [7, 11) is -0.756. The molecule has 2 aliphatic heterocycles. The van der Waals surface area contributed by atoms with Crippen molar-refractivity contribution in [3.8, 4) is 5.75 Å². The fourth-order valence-electron chi connectivity index (χ4n) is 4.39. The lowest BCUT2D eigenvalue weighted by Gasteiger charge is -2.28. The summed E-state index contributed by atoms with van der Waals surface area (Å²) in [6.45, 7) is 5.94. The van der Waals surface area contributed by atoms with Crippen molar-refractivity contribution in [2.75, 3.05) is 71.1 Å². The first-order chi connectivity index (χ1) is 18.0. The number of rotatable bonds is 10. The van der Waals surface area contributed by atoms with Gasteiger partial charge in [-0.05, 0) is 24.3 Å². The number of aromatic amines is 1. The van der Waals surface area contributed by atoms with Crippen LogP contribution in [0.25, 0.3) is 10.9 Å². The second kappa shape index (κ2) is 11.4. The van der Waals surface area contributed by atoms with Gasteiger partial charge >= 0.3 is 0 Å². The number of sulfonamides is 1. The first kappa shape index (κ1) is 26.0. The number of pyridine rings is 1. The molecular weight excluding hydrogens is 514 g/mol. The number of aliphatic imine (C=N–C) groups is 1. The quantitative estimate of drug-likeness (QED) is 0.387. The summed E-state index contributed by atoms with van der Waals surface area (Å²) < 4.78 is 44.5. The van der Waals surface area contributed by atoms with Gasteiger partial charge in [-0.15, -0.1) is 0 Å². The van der Waals surface area contributed by atoms with Crippen molar-refractivity contribution in [3.05, 3.63) is 48.3 Å². The van der Waals surface area contributed by atoms with E-state index in [1.165, 1.54) is 23.6 Å². The minimum Gasteiger partial charge on any atom is -0.491 e. The highest BCUT2D eigenvalue weighted by Gasteiger charge is 2.28. The molecule has 2 aliphatic rings. The van der Waals surface area contributed by atoms with Gasteiger partial charge in [0.2, 0.25) is 0 Å². The number of anilines is 1. The van der Waals surface area contributed by atoms with Gasteiger partial charge in [-0.3, -0.25) is 14.2 Å². The van der Waals surface area contributed by atoms with Gasteiger partial charge in [-0.2, -0.15) is 8.42 Å². The molecule has 37 heavy (non-hydrogen) atoms. The summed E-state index contributed by atoms with van der Waals surface area (Å²) in [6.07, 6.45) is 1.47. The summed E-state index contributed by atoms with van der Waals surface area (Å²) in [5.74, 6) is 0.555. The molecule has 0 saturated carbocycles. The third-order valence-corrected chi connectivity index (χ3v) is 9.24. The second-order valence-electron chi connectivity index (χ2n) is 8.87. The zero-order valence-corrected chi connectivity index (χ0v) is 22.6. The van der Waals surface area contributed by atoms with E-state index in [1.54, 1.807) is 37.1 Å². The fourth-order valence-corrected chi connectivity index (χ4v) is 6.65. The van der Waals surface area contributed by atoms with Crippen LogP contribution in [0.4, 0.5) is 5.69 Å². The Morgan fingerprint density at radius 1 is 1.22 bits per heavy atom. The predicted molar refractivity (Wildman–Crippen MR) is 146 cm³/mol. The van der Waals surface area contributed by atoms with Gasteiger partial charge in [-0.1, -0.05) is 17.8 Å². The molecule has 1 aromatic carbocycles. The Kier molecular flexibility index (Phi) is 8.01. The van der Waals surface area contributed by atoms with Crippen molar-refractivity contribution in [3.63, 3.8) is 0 Å². The molecule has 0 aliphatic carbocycles. The van der Waals surface area contributed by atoms with E-state index < -0.39 is 10.0 Å². The third kappa shape index (κ3) is 5.78. The van der Waals surface area contributed by atoms with Gasteiger partial charge in [0.15, 0.2) is 5.03 Å². The normalized spacial score (nSPS) is 18.8. The van der Waals surface area contributed by atoms with Crippen LogP contribution in [0, 0.1) is 0 Å². The highest BCUT2D eigenvalue weighted by molar-refractivity contribution is 8.15. The number of nitrogens with zero attached hydrogens (tertiary/aromatic N) is 4. The third-order valence-electron chi connectivity index (χ3n) is 6.35. The van der Waals surface area contributed by atoms with Crippen LogP contribution >= 0.6 is 11.8 Å². The van der Waals surface area contributed by atoms with E-state index in [0.29, 0.717) is 35.4 Å². The number of methoxy groups -OCH3 is 1. The van der Waals surface area contributed by atoms with Crippen molar-refractivity contribution in [2.45, 2.75) is 10.3 Å². The number of benzene rings is 1. The topological polar surface area (TPSA) is 109 Å². The molecule has 0 bridgehead atoms. The van der Waals surface area contributed by atoms with E-state index in [-0.39, 0.29) is 5.03 Å². The van der Waals surface area contributed by atoms with E-state index in [4.69, 9.17) is 19.2 Å². The molecule has 5 rings (SSSR count). The average molecular weight is 546 g/mol. The van der Waals surface area contributed by atoms with Gasteiger partial charge in [-0.25, -0.2) is 4.98 Å². The van der Waals surface area contributed by atoms with Crippen LogP contribution in [-0.4, -0.2) is 100 Å². The number of H-pyrrole nitrogens is 1. The number of hydrogen-bond donors (Lipinski definition) is 1. The molecule has 0 spiro atoms. The van der Waals surface area contributed by atoms with Crippen LogP contribution in [0.1, 0.15) is 5.69 Å². The molecule has 0 amide bonds. The van der Waals surface area contributed by atoms with Gasteiger partial charge in [0.25, 0.3) is 10.0 Å². The van der Waals surface area contributed by atoms with Crippen LogP contribution in [0.15, 0.2) is 52.6 Å². The van der Waals surface area contributed by atoms with Gasteiger partial charge < -0.3 is 19.2 Å². The molecule has 4 heterocycles. The Morgan fingerprint density at radius 2 is 2.05 bits per heavy atom. The number of ether oxygens (including phenoxy) is 3. The molecule has 12 heteroatoms. The Labute approximate surface area is 221 Å². The van der Waals surface area contributed by atoms with E-state index in [1.807, 2.05) is 12.1 Å². The predicted octanol–water partition coefficient (Wildman–Crippen LogP) is 2.61. The van der Waals surface area contributed by atoms with Crippen LogP contribution in [0.2, 0.25) is 0 Å². The first-order valence-electron chi connectivity index (χ1n) is 12.2. The largest absolute Gasteiger partial charge is 0.491 e. The average Bonchev–Trinajstić information content (AvgIpc) is 3.56. The molecular formula is C25H31N5O5S2. The van der Waals surface area contributed by atoms with Gasteiger partial charge in [0.1, 0.15) is 17.4 Å². The van der Waals surface area contributed by atoms with Crippen LogP contribution in [0.3, 0.4) is 0 Å². The monoisotopic (exact) mass is 545 g/mol. The molecule has 1 unspecified atom stereocenters. The smallest absolute Gasteiger partial charge is 0.281 e. The zero-order valence-electron chi connectivity index (χ0n) is 20.9. The lowest BCUT2D eigenvalue weighted by atomic mass is 10.2. The lowest BCUT2D eigenvalue weighted by Crippen LogP contribution is -2.40. The minimum absolute atomic E-state index is 0.0233. The maximum absolute atomic E-state index is 13.4. The van der Waals surface area contributed by atoms with E-state index in [2.05, 4.69) is 14.9 Å². The maximum atomic E-state index is 13.4. The summed E-state index contributed by atoms with van der Waals surface area (Å²) in [4.78, 5) is 14.7. The fraction of sp³-hybridized carbons (Fsp3) is 0.440. The van der Waals surface area contributed by atoms with Gasteiger partial charge in [0, 0.05) is 56.7 Å². The van der Waals surface area contributed by atoms with Crippen LogP contribution in [0.5, 0.6) is 5.75 Å². The van der Waals surface area contributed by atoms with Crippen molar-refractivity contribution >= 4 is 43.4 Å². The summed E-state index contributed by atoms with van der Waals surface area (Å²) in [5, 5.41) is 2.12.